The van der Waals surface area contributed by atoms with Crippen molar-refractivity contribution in [3.63, 3.8) is 0 Å². The average Bonchev–Trinajstić information content (AvgIpc) is 3.04. The van der Waals surface area contributed by atoms with Crippen molar-refractivity contribution in [1.82, 2.24) is 0 Å². The summed E-state index contributed by atoms with van der Waals surface area (Å²) in [6.07, 6.45) is 6.49. The molecule has 0 aromatic heterocycles. The maximum Gasteiger partial charge on any atom is 0.293 e. The molecular weight excluding hydrogens is 342 g/mol. The molecule has 1 aliphatic heterocycles. The number of aliphatic imine (C=N–C) groups is 1. The molecule has 1 heterocycles. The lowest BCUT2D eigenvalue weighted by atomic mass is 9.48. The monoisotopic (exact) mass is 375 g/mol. The number of allylic oxidation sites excluding steroid dienone is 1. The van der Waals surface area contributed by atoms with E-state index in [9.17, 15) is 9.90 Å². The Balaban J connectivity index is 1.84. The van der Waals surface area contributed by atoms with Crippen molar-refractivity contribution in [2.75, 3.05) is 33.9 Å². The minimum absolute atomic E-state index is 0.0335. The summed E-state index contributed by atoms with van der Waals surface area (Å²) in [5.41, 5.74) is 8.11. The summed E-state index contributed by atoms with van der Waals surface area (Å²) in [4.78, 5) is 17.7. The molecule has 1 saturated heterocycles. The summed E-state index contributed by atoms with van der Waals surface area (Å²) in [6, 6.07) is 0. The van der Waals surface area contributed by atoms with Crippen molar-refractivity contribution in [3.05, 3.63) is 11.1 Å². The molecule has 3 aliphatic carbocycles. The van der Waals surface area contributed by atoms with Gasteiger partial charge in [0.15, 0.2) is 0 Å². The van der Waals surface area contributed by atoms with Crippen LogP contribution in [0.1, 0.15) is 45.4 Å². The Morgan fingerprint density at radius 1 is 1.44 bits per heavy atom. The highest BCUT2D eigenvalue weighted by atomic mass is 16.5. The predicted octanol–water partition coefficient (Wildman–Crippen LogP) is -0.255. The minimum atomic E-state index is -0.978. The van der Waals surface area contributed by atoms with Gasteiger partial charge in [0.05, 0.1) is 25.7 Å². The van der Waals surface area contributed by atoms with Gasteiger partial charge in [-0.2, -0.15) is 0 Å². The number of nitrogens with two attached hydrogens (primary N) is 1. The van der Waals surface area contributed by atoms with E-state index in [2.05, 4.69) is 11.9 Å². The summed E-state index contributed by atoms with van der Waals surface area (Å²) in [6.45, 7) is 4.82. The Hall–Kier alpha value is -1.40. The van der Waals surface area contributed by atoms with Crippen LogP contribution in [0.5, 0.6) is 0 Å². The van der Waals surface area contributed by atoms with E-state index in [1.165, 1.54) is 29.7 Å². The van der Waals surface area contributed by atoms with Crippen LogP contribution in [-0.2, 0) is 9.53 Å². The molecule has 2 spiro atoms. The molecule has 0 aromatic carbocycles. The number of ether oxygens (including phenoxy) is 1. The second-order valence-corrected chi connectivity index (χ2v) is 9.29. The number of methoxy groups -OCH3 is 1. The third-order valence-electron chi connectivity index (χ3n) is 8.57. The number of piperidine rings is 1. The minimum Gasteiger partial charge on any atom is -0.545 e. The molecule has 6 atom stereocenters. The normalized spacial score (nSPS) is 44.0. The lowest BCUT2D eigenvalue weighted by Gasteiger charge is -2.57. The quantitative estimate of drug-likeness (QED) is 0.525. The van der Waals surface area contributed by atoms with E-state index < -0.39 is 5.97 Å². The van der Waals surface area contributed by atoms with Gasteiger partial charge in [0.2, 0.25) is 0 Å². The number of nitrogens with one attached hydrogen (secondary N) is 1. The number of hydrogen-bond acceptors (Lipinski definition) is 4. The first-order valence-corrected chi connectivity index (χ1v) is 10.4. The lowest BCUT2D eigenvalue weighted by Crippen LogP contribution is -3.18. The largest absolute Gasteiger partial charge is 0.545 e. The molecule has 1 unspecified atom stereocenters. The van der Waals surface area contributed by atoms with Crippen molar-refractivity contribution < 1.29 is 19.5 Å². The number of aliphatic carboxylic acids is 1. The Bertz CT molecular complexity index is 703. The van der Waals surface area contributed by atoms with E-state index >= 15 is 0 Å². The van der Waals surface area contributed by atoms with Gasteiger partial charge in [-0.3, -0.25) is 4.90 Å². The van der Waals surface area contributed by atoms with Crippen molar-refractivity contribution in [3.8, 4) is 0 Å². The molecule has 0 radical (unpaired) electrons. The SMILES string of the molecule is CN=C(N)[NH+]1CCC[C@@]2(C1)[C@@H]1CC[C@@H](C)[C@]23C[C@H](COC)C(C(=O)[O-])=C3C1. The van der Waals surface area contributed by atoms with Gasteiger partial charge in [-0.15, -0.1) is 0 Å². The van der Waals surface area contributed by atoms with E-state index in [0.29, 0.717) is 30.0 Å². The van der Waals surface area contributed by atoms with Gasteiger partial charge in [0.1, 0.15) is 0 Å². The molecule has 4 rings (SSSR count). The van der Waals surface area contributed by atoms with Crippen LogP contribution in [0.3, 0.4) is 0 Å². The van der Waals surface area contributed by atoms with Crippen LogP contribution in [-0.4, -0.2) is 45.8 Å². The van der Waals surface area contributed by atoms with Gasteiger partial charge >= 0.3 is 0 Å². The summed E-state index contributed by atoms with van der Waals surface area (Å²) >= 11 is 0. The number of nitrogens with zero attached hydrogens (tertiary/aromatic N) is 1. The van der Waals surface area contributed by atoms with Crippen LogP contribution >= 0.6 is 0 Å². The third kappa shape index (κ3) is 2.38. The fraction of sp³-hybridized carbons (Fsp3) is 0.810. The second-order valence-electron chi connectivity index (χ2n) is 9.29. The molecule has 6 nitrogen and oxygen atoms in total. The highest BCUT2D eigenvalue weighted by molar-refractivity contribution is 5.88. The number of rotatable bonds is 3. The number of quaternary nitrogens is 1. The zero-order valence-electron chi connectivity index (χ0n) is 16.8. The molecule has 6 heteroatoms. The molecule has 4 aliphatic rings. The van der Waals surface area contributed by atoms with Crippen molar-refractivity contribution in [2.45, 2.75) is 45.4 Å². The molecule has 0 aromatic rings. The number of likely N-dealkylation sites (tertiary alicyclic amines) is 1. The van der Waals surface area contributed by atoms with E-state index in [4.69, 9.17) is 10.5 Å². The fourth-order valence-electron chi connectivity index (χ4n) is 7.68. The van der Waals surface area contributed by atoms with Crippen molar-refractivity contribution >= 4 is 11.9 Å². The Morgan fingerprint density at radius 2 is 2.22 bits per heavy atom. The third-order valence-corrected chi connectivity index (χ3v) is 8.57. The van der Waals surface area contributed by atoms with Gasteiger partial charge in [-0.1, -0.05) is 12.5 Å². The number of carbonyl (C=O) groups excluding carboxylic acids is 1. The summed E-state index contributed by atoms with van der Waals surface area (Å²) in [5.74, 6) is 0.715. The predicted molar refractivity (Wildman–Crippen MR) is 101 cm³/mol. The van der Waals surface area contributed by atoms with Crippen LogP contribution in [0.25, 0.3) is 0 Å². The van der Waals surface area contributed by atoms with Gasteiger partial charge in [-0.05, 0) is 55.9 Å². The lowest BCUT2D eigenvalue weighted by molar-refractivity contribution is -0.826. The molecular formula is C21H33N3O3. The first-order chi connectivity index (χ1) is 12.9. The van der Waals surface area contributed by atoms with Crippen LogP contribution in [0.2, 0.25) is 0 Å². The maximum atomic E-state index is 12.1. The van der Waals surface area contributed by atoms with Crippen molar-refractivity contribution in [2.24, 2.45) is 39.3 Å². The Kier molecular flexibility index (Phi) is 4.62. The highest BCUT2D eigenvalue weighted by Crippen LogP contribution is 2.74. The fourth-order valence-corrected chi connectivity index (χ4v) is 7.68. The van der Waals surface area contributed by atoms with Crippen LogP contribution in [0.15, 0.2) is 16.1 Å². The topological polar surface area (TPSA) is 92.2 Å². The Labute approximate surface area is 161 Å². The summed E-state index contributed by atoms with van der Waals surface area (Å²) < 4.78 is 5.42. The van der Waals surface area contributed by atoms with E-state index in [0.717, 1.165) is 32.4 Å². The number of carboxylic acids is 1. The highest BCUT2D eigenvalue weighted by Gasteiger charge is 2.71. The van der Waals surface area contributed by atoms with Crippen molar-refractivity contribution in [1.29, 1.82) is 0 Å². The first-order valence-electron chi connectivity index (χ1n) is 10.4. The molecule has 27 heavy (non-hydrogen) atoms. The average molecular weight is 376 g/mol. The first kappa shape index (κ1) is 18.9. The summed E-state index contributed by atoms with van der Waals surface area (Å²) in [5, 5.41) is 12.1. The van der Waals surface area contributed by atoms with Crippen LogP contribution < -0.4 is 15.7 Å². The van der Waals surface area contributed by atoms with E-state index in [1.807, 2.05) is 0 Å². The number of carboxylic acid groups (broad SMARTS) is 1. The zero-order chi connectivity index (χ0) is 19.4. The molecule has 2 bridgehead atoms. The van der Waals surface area contributed by atoms with E-state index in [-0.39, 0.29) is 16.7 Å². The zero-order valence-corrected chi connectivity index (χ0v) is 16.8. The molecule has 3 N–H and O–H groups in total. The van der Waals surface area contributed by atoms with Crippen LogP contribution in [0.4, 0.5) is 0 Å². The van der Waals surface area contributed by atoms with Gasteiger partial charge < -0.3 is 20.4 Å². The summed E-state index contributed by atoms with van der Waals surface area (Å²) in [7, 11) is 3.43. The van der Waals surface area contributed by atoms with Gasteiger partial charge in [0.25, 0.3) is 5.96 Å². The molecule has 2 saturated carbocycles. The number of carbonyl (C=O) groups is 1. The van der Waals surface area contributed by atoms with Gasteiger partial charge in [-0.25, -0.2) is 4.99 Å². The Morgan fingerprint density at radius 3 is 2.89 bits per heavy atom. The standard InChI is InChI=1S/C21H33N3O3/c1-13-5-6-15-9-16-17(18(25)26)14(11-27-3)10-21(13,16)20(15)7-4-8-24(12-20)19(22)23-2/h13-15H,4-12H2,1-3H3,(H2,22,23)(H,25,26)/t13-,14-,15-,20-,21+/m1/s1. The maximum absolute atomic E-state index is 12.1. The number of hydrogen-bond donors (Lipinski definition) is 2. The second kappa shape index (κ2) is 6.59. The van der Waals surface area contributed by atoms with E-state index in [1.54, 1.807) is 14.2 Å². The number of guanidine groups is 1. The molecule has 150 valence electrons. The van der Waals surface area contributed by atoms with Crippen LogP contribution in [0, 0.1) is 28.6 Å². The van der Waals surface area contributed by atoms with Gasteiger partial charge in [0, 0.05) is 30.9 Å². The molecule has 3 fully saturated rings. The molecule has 0 amide bonds. The smallest absolute Gasteiger partial charge is 0.293 e.